The van der Waals surface area contributed by atoms with E-state index in [-0.39, 0.29) is 0 Å². The molecular formula is C24H36N4O. The molecule has 1 aliphatic rings. The summed E-state index contributed by atoms with van der Waals surface area (Å²) in [5.41, 5.74) is 9.61. The zero-order chi connectivity index (χ0) is 20.6. The first kappa shape index (κ1) is 21.6. The maximum Gasteiger partial charge on any atom is 0.119 e. The molecule has 2 heterocycles. The van der Waals surface area contributed by atoms with E-state index in [2.05, 4.69) is 59.0 Å². The van der Waals surface area contributed by atoms with Gasteiger partial charge in [-0.2, -0.15) is 0 Å². The van der Waals surface area contributed by atoms with Gasteiger partial charge in [-0.25, -0.2) is 0 Å². The van der Waals surface area contributed by atoms with Gasteiger partial charge in [-0.15, -0.1) is 0 Å². The van der Waals surface area contributed by atoms with Crippen LogP contribution in [0.5, 0.6) is 5.75 Å². The minimum Gasteiger partial charge on any atom is -0.494 e. The first-order chi connectivity index (χ1) is 14.1. The van der Waals surface area contributed by atoms with Gasteiger partial charge in [-0.1, -0.05) is 0 Å². The smallest absolute Gasteiger partial charge is 0.119 e. The van der Waals surface area contributed by atoms with Crippen molar-refractivity contribution in [3.05, 3.63) is 53.9 Å². The fraction of sp³-hybridized carbons (Fsp3) is 0.542. The molecule has 0 unspecified atom stereocenters. The Morgan fingerprint density at radius 2 is 1.93 bits per heavy atom. The van der Waals surface area contributed by atoms with E-state index < -0.39 is 0 Å². The minimum absolute atomic E-state index is 0.522. The van der Waals surface area contributed by atoms with Gasteiger partial charge in [0, 0.05) is 49.8 Å². The van der Waals surface area contributed by atoms with Crippen molar-refractivity contribution in [1.82, 2.24) is 9.88 Å². The number of likely N-dealkylation sites (tertiary alicyclic amines) is 1. The Balaban J connectivity index is 1.77. The molecule has 5 nitrogen and oxygen atoms in total. The van der Waals surface area contributed by atoms with Crippen LogP contribution in [-0.2, 0) is 6.54 Å². The zero-order valence-electron chi connectivity index (χ0n) is 18.2. The Morgan fingerprint density at radius 3 is 2.55 bits per heavy atom. The monoisotopic (exact) mass is 396 g/mol. The molecule has 1 fully saturated rings. The summed E-state index contributed by atoms with van der Waals surface area (Å²) in [5, 5.41) is 0. The molecule has 3 rings (SSSR count). The summed E-state index contributed by atoms with van der Waals surface area (Å²) in [4.78, 5) is 9.52. The van der Waals surface area contributed by atoms with Crippen molar-refractivity contribution in [3.63, 3.8) is 0 Å². The Labute approximate surface area is 175 Å². The topological polar surface area (TPSA) is 54.6 Å². The summed E-state index contributed by atoms with van der Waals surface area (Å²) >= 11 is 0. The third kappa shape index (κ3) is 5.71. The van der Waals surface area contributed by atoms with Gasteiger partial charge in [0.1, 0.15) is 5.75 Å². The number of nitrogens with two attached hydrogens (primary N) is 1. The second-order valence-electron chi connectivity index (χ2n) is 8.05. The molecule has 1 saturated heterocycles. The van der Waals surface area contributed by atoms with E-state index >= 15 is 0 Å². The number of benzene rings is 1. The molecule has 5 heteroatoms. The molecule has 0 spiro atoms. The lowest BCUT2D eigenvalue weighted by atomic mass is 9.99. The predicted molar refractivity (Wildman–Crippen MR) is 120 cm³/mol. The normalized spacial score (nSPS) is 16.6. The van der Waals surface area contributed by atoms with E-state index in [9.17, 15) is 0 Å². The van der Waals surface area contributed by atoms with Gasteiger partial charge in [-0.3, -0.25) is 4.98 Å². The fourth-order valence-electron chi connectivity index (χ4n) is 4.24. The van der Waals surface area contributed by atoms with Crippen molar-refractivity contribution in [3.8, 4) is 5.75 Å². The largest absolute Gasteiger partial charge is 0.494 e. The van der Waals surface area contributed by atoms with Crippen LogP contribution in [0.15, 0.2) is 42.7 Å². The highest BCUT2D eigenvalue weighted by Crippen LogP contribution is 2.29. The SMILES string of the molecule is CCOc1ccc(N(Cc2cnccc2C)C2CCN([C@H](C)CCN)CC2)cc1. The van der Waals surface area contributed by atoms with Crippen LogP contribution in [-0.4, -0.2) is 48.2 Å². The number of hydrogen-bond donors (Lipinski definition) is 1. The lowest BCUT2D eigenvalue weighted by Crippen LogP contribution is -2.47. The third-order valence-corrected chi connectivity index (χ3v) is 6.12. The second-order valence-corrected chi connectivity index (χ2v) is 8.05. The van der Waals surface area contributed by atoms with Gasteiger partial charge in [0.05, 0.1) is 6.61 Å². The number of aryl methyl sites for hydroxylation is 1. The molecule has 1 atom stereocenters. The molecular weight excluding hydrogens is 360 g/mol. The van der Waals surface area contributed by atoms with E-state index in [0.29, 0.717) is 18.7 Å². The van der Waals surface area contributed by atoms with Crippen molar-refractivity contribution in [2.45, 2.75) is 58.7 Å². The molecule has 0 aliphatic carbocycles. The van der Waals surface area contributed by atoms with Crippen LogP contribution in [0, 0.1) is 6.92 Å². The van der Waals surface area contributed by atoms with E-state index in [1.54, 1.807) is 0 Å². The third-order valence-electron chi connectivity index (χ3n) is 6.12. The highest BCUT2D eigenvalue weighted by Gasteiger charge is 2.27. The minimum atomic E-state index is 0.522. The summed E-state index contributed by atoms with van der Waals surface area (Å²) in [6.07, 6.45) is 7.29. The molecule has 1 aromatic heterocycles. The summed E-state index contributed by atoms with van der Waals surface area (Å²) < 4.78 is 5.64. The highest BCUT2D eigenvalue weighted by atomic mass is 16.5. The van der Waals surface area contributed by atoms with Crippen LogP contribution in [0.2, 0.25) is 0 Å². The zero-order valence-corrected chi connectivity index (χ0v) is 18.2. The Morgan fingerprint density at radius 1 is 1.21 bits per heavy atom. The molecule has 1 aliphatic heterocycles. The summed E-state index contributed by atoms with van der Waals surface area (Å²) in [5.74, 6) is 0.930. The average Bonchev–Trinajstić information content (AvgIpc) is 2.74. The number of piperidine rings is 1. The van der Waals surface area contributed by atoms with Gasteiger partial charge < -0.3 is 20.3 Å². The second kappa shape index (κ2) is 10.6. The van der Waals surface area contributed by atoms with Crippen molar-refractivity contribution in [1.29, 1.82) is 0 Å². The Kier molecular flexibility index (Phi) is 7.90. The van der Waals surface area contributed by atoms with Crippen LogP contribution in [0.3, 0.4) is 0 Å². The molecule has 158 valence electrons. The van der Waals surface area contributed by atoms with Gasteiger partial charge in [0.15, 0.2) is 0 Å². The average molecular weight is 397 g/mol. The number of rotatable bonds is 9. The predicted octanol–water partition coefficient (Wildman–Crippen LogP) is 4.00. The molecule has 2 aromatic rings. The molecule has 2 N–H and O–H groups in total. The van der Waals surface area contributed by atoms with Gasteiger partial charge in [0.2, 0.25) is 0 Å². The van der Waals surface area contributed by atoms with Crippen LogP contribution >= 0.6 is 0 Å². The van der Waals surface area contributed by atoms with E-state index in [1.165, 1.54) is 29.7 Å². The van der Waals surface area contributed by atoms with Crippen LogP contribution in [0.4, 0.5) is 5.69 Å². The van der Waals surface area contributed by atoms with Crippen molar-refractivity contribution < 1.29 is 4.74 Å². The molecule has 1 aromatic carbocycles. The van der Waals surface area contributed by atoms with Gasteiger partial charge >= 0.3 is 0 Å². The highest BCUT2D eigenvalue weighted by molar-refractivity contribution is 5.51. The fourth-order valence-corrected chi connectivity index (χ4v) is 4.24. The number of aromatic nitrogens is 1. The molecule has 0 saturated carbocycles. The standard InChI is InChI=1S/C24H36N4O/c1-4-29-24-7-5-22(6-8-24)28(18-21-17-26-14-10-19(21)2)23-11-15-27(16-12-23)20(3)9-13-25/h5-8,10,14,17,20,23H,4,9,11-13,15-16,18,25H2,1-3H3/t20-/m1/s1. The Hall–Kier alpha value is -2.11. The molecule has 0 radical (unpaired) electrons. The number of ether oxygens (including phenoxy) is 1. The maximum atomic E-state index is 5.77. The first-order valence-electron chi connectivity index (χ1n) is 11.0. The van der Waals surface area contributed by atoms with Gasteiger partial charge in [0.25, 0.3) is 0 Å². The lowest BCUT2D eigenvalue weighted by molar-refractivity contribution is 0.154. The van der Waals surface area contributed by atoms with Crippen molar-refractivity contribution >= 4 is 5.69 Å². The number of hydrogen-bond acceptors (Lipinski definition) is 5. The summed E-state index contributed by atoms with van der Waals surface area (Å²) in [7, 11) is 0. The number of nitrogens with zero attached hydrogens (tertiary/aromatic N) is 3. The van der Waals surface area contributed by atoms with Crippen molar-refractivity contribution in [2.24, 2.45) is 5.73 Å². The lowest BCUT2D eigenvalue weighted by Gasteiger charge is -2.42. The summed E-state index contributed by atoms with van der Waals surface area (Å²) in [6.45, 7) is 11.1. The van der Waals surface area contributed by atoms with Crippen LogP contribution < -0.4 is 15.4 Å². The van der Waals surface area contributed by atoms with Crippen LogP contribution in [0.1, 0.15) is 44.2 Å². The molecule has 0 bridgehead atoms. The van der Waals surface area contributed by atoms with E-state index in [0.717, 1.165) is 38.3 Å². The van der Waals surface area contributed by atoms with Crippen molar-refractivity contribution in [2.75, 3.05) is 31.1 Å². The molecule has 0 amide bonds. The Bertz CT molecular complexity index is 741. The first-order valence-corrected chi connectivity index (χ1v) is 11.0. The number of anilines is 1. The van der Waals surface area contributed by atoms with E-state index in [1.807, 2.05) is 19.3 Å². The number of pyridine rings is 1. The van der Waals surface area contributed by atoms with Gasteiger partial charge in [-0.05, 0) is 88.0 Å². The van der Waals surface area contributed by atoms with Crippen LogP contribution in [0.25, 0.3) is 0 Å². The summed E-state index contributed by atoms with van der Waals surface area (Å²) in [6, 6.07) is 11.7. The maximum absolute atomic E-state index is 5.77. The quantitative estimate of drug-likeness (QED) is 0.694. The molecule has 29 heavy (non-hydrogen) atoms. The van der Waals surface area contributed by atoms with E-state index in [4.69, 9.17) is 10.5 Å².